The van der Waals surface area contributed by atoms with Gasteiger partial charge in [-0.25, -0.2) is 0 Å². The molecule has 0 radical (unpaired) electrons. The van der Waals surface area contributed by atoms with Crippen molar-refractivity contribution < 1.29 is 9.53 Å². The Hall–Kier alpha value is -1.01. The third-order valence-corrected chi connectivity index (χ3v) is 5.24. The van der Waals surface area contributed by atoms with Crippen LogP contribution in [0.1, 0.15) is 32.6 Å². The highest BCUT2D eigenvalue weighted by atomic mass is 32.2. The number of carbonyl (C=O) groups is 1. The molecule has 1 atom stereocenters. The Morgan fingerprint density at radius 2 is 2.29 bits per heavy atom. The van der Waals surface area contributed by atoms with E-state index in [1.54, 1.807) is 16.4 Å². The van der Waals surface area contributed by atoms with Gasteiger partial charge in [0.1, 0.15) is 5.54 Å². The summed E-state index contributed by atoms with van der Waals surface area (Å²) in [5, 5.41) is 7.80. The molecule has 2 aliphatic rings. The minimum Gasteiger partial charge on any atom is -0.465 e. The molecule has 0 spiro atoms. The van der Waals surface area contributed by atoms with Gasteiger partial charge in [0.25, 0.3) is 0 Å². The molecule has 1 unspecified atom stereocenters. The van der Waals surface area contributed by atoms with Crippen molar-refractivity contribution in [2.75, 3.05) is 12.4 Å². The van der Waals surface area contributed by atoms with Crippen molar-refractivity contribution in [2.45, 2.75) is 49.1 Å². The lowest BCUT2D eigenvalue weighted by Crippen LogP contribution is -2.58. The number of aryl methyl sites for hydroxylation is 1. The predicted octanol–water partition coefficient (Wildman–Crippen LogP) is 1.98. The first-order valence-electron chi connectivity index (χ1n) is 7.70. The molecule has 0 saturated heterocycles. The quantitative estimate of drug-likeness (QED) is 0.588. The molecule has 0 amide bonds. The fourth-order valence-corrected chi connectivity index (χ4v) is 3.84. The second kappa shape index (κ2) is 6.01. The fourth-order valence-electron chi connectivity index (χ4n) is 2.66. The van der Waals surface area contributed by atoms with Crippen LogP contribution in [0.5, 0.6) is 0 Å². The van der Waals surface area contributed by atoms with Crippen LogP contribution < -0.4 is 5.32 Å². The number of carbonyl (C=O) groups excluding carboxylic acids is 1. The third kappa shape index (κ3) is 3.43. The summed E-state index contributed by atoms with van der Waals surface area (Å²) in [5.41, 5.74) is -0.516. The molecule has 5 nitrogen and oxygen atoms in total. The SMILES string of the molecule is CCOC(=O)C(CSc1cnn(C)c1)(NC1CC1)C1CC1. The lowest BCUT2D eigenvalue weighted by Gasteiger charge is -2.32. The monoisotopic (exact) mass is 309 g/mol. The van der Waals surface area contributed by atoms with Gasteiger partial charge in [0.2, 0.25) is 0 Å². The molecular weight excluding hydrogens is 286 g/mol. The van der Waals surface area contributed by atoms with E-state index < -0.39 is 5.54 Å². The molecule has 2 fully saturated rings. The van der Waals surface area contributed by atoms with Crippen molar-refractivity contribution >= 4 is 17.7 Å². The third-order valence-electron chi connectivity index (χ3n) is 4.10. The van der Waals surface area contributed by atoms with E-state index in [0.29, 0.717) is 18.6 Å². The number of nitrogens with zero attached hydrogens (tertiary/aromatic N) is 2. The topological polar surface area (TPSA) is 56.1 Å². The summed E-state index contributed by atoms with van der Waals surface area (Å²) < 4.78 is 7.19. The summed E-state index contributed by atoms with van der Waals surface area (Å²) in [6, 6.07) is 0.490. The van der Waals surface area contributed by atoms with Crippen LogP contribution in [0.15, 0.2) is 17.3 Å². The maximum Gasteiger partial charge on any atom is 0.327 e. The van der Waals surface area contributed by atoms with Crippen molar-refractivity contribution in [2.24, 2.45) is 13.0 Å². The minimum absolute atomic E-state index is 0.0733. The largest absolute Gasteiger partial charge is 0.465 e. The Morgan fingerprint density at radius 3 is 2.81 bits per heavy atom. The standard InChI is InChI=1S/C15H23N3O2S/c1-3-20-14(19)15(11-4-5-11,17-12-6-7-12)10-21-13-8-16-18(2)9-13/h8-9,11-12,17H,3-7,10H2,1-2H3. The molecule has 1 N–H and O–H groups in total. The zero-order valence-electron chi connectivity index (χ0n) is 12.7. The molecular formula is C15H23N3O2S. The highest BCUT2D eigenvalue weighted by molar-refractivity contribution is 7.99. The van der Waals surface area contributed by atoms with Crippen molar-refractivity contribution in [3.8, 4) is 0 Å². The van der Waals surface area contributed by atoms with Crippen molar-refractivity contribution in [1.82, 2.24) is 15.1 Å². The van der Waals surface area contributed by atoms with Gasteiger partial charge in [-0.2, -0.15) is 5.10 Å². The molecule has 116 valence electrons. The zero-order valence-corrected chi connectivity index (χ0v) is 13.5. The molecule has 1 aromatic heterocycles. The molecule has 6 heteroatoms. The van der Waals surface area contributed by atoms with Gasteiger partial charge in [0, 0.05) is 29.9 Å². The average Bonchev–Trinajstić information content (AvgIpc) is 3.35. The highest BCUT2D eigenvalue weighted by Crippen LogP contribution is 2.44. The van der Waals surface area contributed by atoms with Gasteiger partial charge >= 0.3 is 5.97 Å². The van der Waals surface area contributed by atoms with E-state index >= 15 is 0 Å². The minimum atomic E-state index is -0.516. The molecule has 1 heterocycles. The summed E-state index contributed by atoms with van der Waals surface area (Å²) in [4.78, 5) is 13.7. The normalized spacial score (nSPS) is 21.0. The Balaban J connectivity index is 1.74. The molecule has 0 aliphatic heterocycles. The summed E-state index contributed by atoms with van der Waals surface area (Å²) in [5.74, 6) is 1.07. The second-order valence-electron chi connectivity index (χ2n) is 6.02. The highest BCUT2D eigenvalue weighted by Gasteiger charge is 2.53. The molecule has 1 aromatic rings. The van der Waals surface area contributed by atoms with Crippen LogP contribution in [0.4, 0.5) is 0 Å². The summed E-state index contributed by atoms with van der Waals surface area (Å²) in [6.07, 6.45) is 8.42. The van der Waals surface area contributed by atoms with Gasteiger partial charge in [-0.1, -0.05) is 0 Å². The second-order valence-corrected chi connectivity index (χ2v) is 7.07. The number of nitrogens with one attached hydrogen (secondary N) is 1. The predicted molar refractivity (Wildman–Crippen MR) is 82.2 cm³/mol. The van der Waals surface area contributed by atoms with Crippen LogP contribution in [-0.2, 0) is 16.6 Å². The Morgan fingerprint density at radius 1 is 1.52 bits per heavy atom. The van der Waals surface area contributed by atoms with E-state index in [2.05, 4.69) is 10.4 Å². The van der Waals surface area contributed by atoms with Crippen LogP contribution in [0, 0.1) is 5.92 Å². The first-order valence-corrected chi connectivity index (χ1v) is 8.69. The van der Waals surface area contributed by atoms with E-state index in [1.807, 2.05) is 26.4 Å². The van der Waals surface area contributed by atoms with Crippen molar-refractivity contribution in [3.05, 3.63) is 12.4 Å². The zero-order chi connectivity index (χ0) is 14.9. The van der Waals surface area contributed by atoms with Gasteiger partial charge in [0.15, 0.2) is 0 Å². The smallest absolute Gasteiger partial charge is 0.327 e. The first kappa shape index (κ1) is 14.9. The number of aromatic nitrogens is 2. The summed E-state index contributed by atoms with van der Waals surface area (Å²) >= 11 is 1.69. The van der Waals surface area contributed by atoms with Gasteiger partial charge in [0.05, 0.1) is 12.8 Å². The van der Waals surface area contributed by atoms with Crippen LogP contribution in [0.3, 0.4) is 0 Å². The van der Waals surface area contributed by atoms with Gasteiger partial charge in [-0.05, 0) is 38.5 Å². The van der Waals surface area contributed by atoms with Crippen LogP contribution >= 0.6 is 11.8 Å². The first-order chi connectivity index (χ1) is 10.1. The van der Waals surface area contributed by atoms with Crippen molar-refractivity contribution in [1.29, 1.82) is 0 Å². The number of thioether (sulfide) groups is 1. The summed E-state index contributed by atoms with van der Waals surface area (Å²) in [6.45, 7) is 2.32. The lowest BCUT2D eigenvalue weighted by atomic mass is 9.95. The Labute approximate surface area is 129 Å². The van der Waals surface area contributed by atoms with E-state index in [4.69, 9.17) is 4.74 Å². The maximum absolute atomic E-state index is 12.6. The Bertz CT molecular complexity index is 511. The van der Waals surface area contributed by atoms with Crippen molar-refractivity contribution in [3.63, 3.8) is 0 Å². The van der Waals surface area contributed by atoms with Gasteiger partial charge in [-0.3, -0.25) is 14.8 Å². The molecule has 2 aliphatic carbocycles. The van der Waals surface area contributed by atoms with Crippen LogP contribution in [0.25, 0.3) is 0 Å². The van der Waals surface area contributed by atoms with E-state index in [9.17, 15) is 4.79 Å². The number of ether oxygens (including phenoxy) is 1. The fraction of sp³-hybridized carbons (Fsp3) is 0.733. The van der Waals surface area contributed by atoms with E-state index in [-0.39, 0.29) is 5.97 Å². The molecule has 3 rings (SSSR count). The van der Waals surface area contributed by atoms with Gasteiger partial charge < -0.3 is 4.74 Å². The lowest BCUT2D eigenvalue weighted by molar-refractivity contribution is -0.151. The maximum atomic E-state index is 12.6. The molecule has 2 saturated carbocycles. The summed E-state index contributed by atoms with van der Waals surface area (Å²) in [7, 11) is 1.91. The average molecular weight is 309 g/mol. The van der Waals surface area contributed by atoms with Crippen LogP contribution in [0.2, 0.25) is 0 Å². The van der Waals surface area contributed by atoms with E-state index in [1.165, 1.54) is 12.8 Å². The van der Waals surface area contributed by atoms with Gasteiger partial charge in [-0.15, -0.1) is 11.8 Å². The number of esters is 1. The van der Waals surface area contributed by atoms with Crippen LogP contribution in [-0.4, -0.2) is 39.7 Å². The Kier molecular flexibility index (Phi) is 4.26. The molecule has 0 bridgehead atoms. The number of rotatable bonds is 8. The van der Waals surface area contributed by atoms with E-state index in [0.717, 1.165) is 23.5 Å². The molecule has 0 aromatic carbocycles. The molecule has 21 heavy (non-hydrogen) atoms. The number of hydrogen-bond donors (Lipinski definition) is 1. The number of hydrogen-bond acceptors (Lipinski definition) is 5.